The summed E-state index contributed by atoms with van der Waals surface area (Å²) in [4.78, 5) is 2.58. The van der Waals surface area contributed by atoms with Crippen molar-refractivity contribution in [2.45, 2.75) is 18.9 Å². The highest BCUT2D eigenvalue weighted by Crippen LogP contribution is 2.22. The highest BCUT2D eigenvalue weighted by atomic mass is 16.5. The number of nitrogens with zero attached hydrogens (tertiary/aromatic N) is 1. The molecule has 0 aliphatic carbocycles. The smallest absolute Gasteiger partial charge is 0.126 e. The summed E-state index contributed by atoms with van der Waals surface area (Å²) < 4.78 is 5.38. The molecule has 3 heteroatoms. The first-order chi connectivity index (χ1) is 9.85. The zero-order chi connectivity index (χ0) is 13.8. The first-order valence-corrected chi connectivity index (χ1v) is 7.60. The Bertz CT molecular complexity index is 450. The fourth-order valence-corrected chi connectivity index (χ4v) is 3.32. The van der Waals surface area contributed by atoms with Gasteiger partial charge in [0.1, 0.15) is 5.75 Å². The molecule has 3 saturated heterocycles. The minimum Gasteiger partial charge on any atom is -0.496 e. The normalized spacial score (nSPS) is 26.9. The van der Waals surface area contributed by atoms with Crippen LogP contribution in [-0.2, 0) is 0 Å². The maximum absolute atomic E-state index is 5.38. The number of piperidine rings is 1. The fraction of sp³-hybridized carbons (Fsp3) is 0.529. The summed E-state index contributed by atoms with van der Waals surface area (Å²) >= 11 is 0. The van der Waals surface area contributed by atoms with Crippen LogP contribution in [0.1, 0.15) is 18.4 Å². The van der Waals surface area contributed by atoms with Gasteiger partial charge in [0.05, 0.1) is 7.11 Å². The Morgan fingerprint density at radius 2 is 2.20 bits per heavy atom. The molecule has 3 fully saturated rings. The highest BCUT2D eigenvalue weighted by molar-refractivity contribution is 5.57. The second-order valence-corrected chi connectivity index (χ2v) is 5.91. The SMILES string of the molecule is COc1ccccc1/C=C/CN1C[C@H]2CC[C@@H](C1)NC2. The summed E-state index contributed by atoms with van der Waals surface area (Å²) in [6.07, 6.45) is 7.18. The maximum atomic E-state index is 5.38. The lowest BCUT2D eigenvalue weighted by Gasteiger charge is -2.23. The summed E-state index contributed by atoms with van der Waals surface area (Å²) in [5, 5.41) is 3.65. The molecular formula is C17H24N2O. The van der Waals surface area contributed by atoms with Gasteiger partial charge in [0.2, 0.25) is 0 Å². The van der Waals surface area contributed by atoms with E-state index in [-0.39, 0.29) is 0 Å². The molecule has 3 aliphatic heterocycles. The van der Waals surface area contributed by atoms with Crippen molar-refractivity contribution in [3.8, 4) is 5.75 Å². The molecule has 20 heavy (non-hydrogen) atoms. The van der Waals surface area contributed by atoms with Crippen LogP contribution in [0.5, 0.6) is 5.75 Å². The third kappa shape index (κ3) is 3.22. The van der Waals surface area contributed by atoms with Crippen molar-refractivity contribution in [2.24, 2.45) is 5.92 Å². The number of methoxy groups -OCH3 is 1. The zero-order valence-electron chi connectivity index (χ0n) is 12.2. The Kier molecular flexibility index (Phi) is 4.38. The van der Waals surface area contributed by atoms with Crippen molar-refractivity contribution < 1.29 is 4.74 Å². The van der Waals surface area contributed by atoms with E-state index in [1.165, 1.54) is 32.5 Å². The van der Waals surface area contributed by atoms with Gasteiger partial charge < -0.3 is 10.1 Å². The van der Waals surface area contributed by atoms with E-state index < -0.39 is 0 Å². The summed E-state index contributed by atoms with van der Waals surface area (Å²) in [6.45, 7) is 4.66. The Morgan fingerprint density at radius 3 is 3.00 bits per heavy atom. The molecule has 3 heterocycles. The predicted molar refractivity (Wildman–Crippen MR) is 83.0 cm³/mol. The van der Waals surface area contributed by atoms with Crippen LogP contribution in [0.15, 0.2) is 30.3 Å². The van der Waals surface area contributed by atoms with E-state index >= 15 is 0 Å². The van der Waals surface area contributed by atoms with Crippen molar-refractivity contribution in [3.05, 3.63) is 35.9 Å². The number of hydrogen-bond donors (Lipinski definition) is 1. The first kappa shape index (κ1) is 13.7. The monoisotopic (exact) mass is 272 g/mol. The van der Waals surface area contributed by atoms with E-state index in [4.69, 9.17) is 4.74 Å². The lowest BCUT2D eigenvalue weighted by atomic mass is 9.97. The van der Waals surface area contributed by atoms with Crippen molar-refractivity contribution in [1.82, 2.24) is 10.2 Å². The number of nitrogens with one attached hydrogen (secondary N) is 1. The van der Waals surface area contributed by atoms with E-state index in [2.05, 4.69) is 34.5 Å². The number of fused-ring (bicyclic) bond motifs is 4. The van der Waals surface area contributed by atoms with Crippen LogP contribution >= 0.6 is 0 Å². The van der Waals surface area contributed by atoms with Gasteiger partial charge in [0.25, 0.3) is 0 Å². The lowest BCUT2D eigenvalue weighted by molar-refractivity contribution is 0.291. The maximum Gasteiger partial charge on any atom is 0.126 e. The fourth-order valence-electron chi connectivity index (χ4n) is 3.32. The molecule has 0 saturated carbocycles. The van der Waals surface area contributed by atoms with E-state index in [1.54, 1.807) is 7.11 Å². The number of hydrogen-bond acceptors (Lipinski definition) is 3. The largest absolute Gasteiger partial charge is 0.496 e. The molecule has 1 aromatic carbocycles. The molecule has 0 aromatic heterocycles. The zero-order valence-corrected chi connectivity index (χ0v) is 12.2. The quantitative estimate of drug-likeness (QED) is 0.911. The van der Waals surface area contributed by atoms with Crippen LogP contribution in [0.2, 0.25) is 0 Å². The molecule has 4 rings (SSSR count). The number of rotatable bonds is 4. The molecule has 108 valence electrons. The Balaban J connectivity index is 1.60. The van der Waals surface area contributed by atoms with Gasteiger partial charge in [-0.15, -0.1) is 0 Å². The van der Waals surface area contributed by atoms with Gasteiger partial charge in [-0.2, -0.15) is 0 Å². The van der Waals surface area contributed by atoms with E-state index in [0.717, 1.165) is 23.8 Å². The molecule has 3 nitrogen and oxygen atoms in total. The highest BCUT2D eigenvalue weighted by Gasteiger charge is 2.28. The molecule has 0 unspecified atom stereocenters. The van der Waals surface area contributed by atoms with E-state index in [0.29, 0.717) is 6.04 Å². The summed E-state index contributed by atoms with van der Waals surface area (Å²) in [5.74, 6) is 1.79. The van der Waals surface area contributed by atoms with Crippen molar-refractivity contribution in [2.75, 3.05) is 33.3 Å². The molecule has 2 atom stereocenters. The lowest BCUT2D eigenvalue weighted by Crippen LogP contribution is -2.39. The summed E-state index contributed by atoms with van der Waals surface area (Å²) in [5.41, 5.74) is 1.16. The van der Waals surface area contributed by atoms with Gasteiger partial charge in [-0.3, -0.25) is 4.90 Å². The molecule has 1 N–H and O–H groups in total. The third-order valence-electron chi connectivity index (χ3n) is 4.41. The second-order valence-electron chi connectivity index (χ2n) is 5.91. The predicted octanol–water partition coefficient (Wildman–Crippen LogP) is 2.39. The van der Waals surface area contributed by atoms with Gasteiger partial charge >= 0.3 is 0 Å². The molecule has 0 radical (unpaired) electrons. The van der Waals surface area contributed by atoms with Crippen molar-refractivity contribution >= 4 is 6.08 Å². The van der Waals surface area contributed by atoms with Crippen LogP contribution in [-0.4, -0.2) is 44.2 Å². The van der Waals surface area contributed by atoms with Crippen LogP contribution in [0.3, 0.4) is 0 Å². The number of benzene rings is 1. The average Bonchev–Trinajstić information content (AvgIpc) is 2.80. The first-order valence-electron chi connectivity index (χ1n) is 7.60. The summed E-state index contributed by atoms with van der Waals surface area (Å²) in [6, 6.07) is 8.87. The Labute approximate surface area is 121 Å². The van der Waals surface area contributed by atoms with Gasteiger partial charge in [-0.1, -0.05) is 30.4 Å². The standard InChI is InChI=1S/C17H24N2O/c1-20-17-7-3-2-5-15(17)6-4-10-19-12-14-8-9-16(13-19)18-11-14/h2-7,14,16,18H,8-13H2,1H3/b6-4+/t14-,16-/m0/s1. The number of para-hydroxylation sites is 1. The topological polar surface area (TPSA) is 24.5 Å². The Hall–Kier alpha value is -1.32. The average molecular weight is 272 g/mol. The minimum atomic E-state index is 0.702. The Morgan fingerprint density at radius 1 is 1.30 bits per heavy atom. The van der Waals surface area contributed by atoms with E-state index in [9.17, 15) is 0 Å². The molecule has 2 bridgehead atoms. The van der Waals surface area contributed by atoms with Gasteiger partial charge in [-0.25, -0.2) is 0 Å². The van der Waals surface area contributed by atoms with Gasteiger partial charge in [0.15, 0.2) is 0 Å². The molecule has 0 amide bonds. The minimum absolute atomic E-state index is 0.702. The molecule has 1 aromatic rings. The van der Waals surface area contributed by atoms with Crippen LogP contribution in [0.4, 0.5) is 0 Å². The number of ether oxygens (including phenoxy) is 1. The van der Waals surface area contributed by atoms with Crippen molar-refractivity contribution in [3.63, 3.8) is 0 Å². The van der Waals surface area contributed by atoms with Crippen molar-refractivity contribution in [1.29, 1.82) is 0 Å². The van der Waals surface area contributed by atoms with Crippen LogP contribution in [0, 0.1) is 5.92 Å². The van der Waals surface area contributed by atoms with Crippen LogP contribution < -0.4 is 10.1 Å². The molecular weight excluding hydrogens is 248 g/mol. The van der Waals surface area contributed by atoms with Gasteiger partial charge in [-0.05, 0) is 31.4 Å². The van der Waals surface area contributed by atoms with Gasteiger partial charge in [0, 0.05) is 31.2 Å². The summed E-state index contributed by atoms with van der Waals surface area (Å²) in [7, 11) is 1.73. The van der Waals surface area contributed by atoms with Crippen LogP contribution in [0.25, 0.3) is 6.08 Å². The third-order valence-corrected chi connectivity index (χ3v) is 4.41. The molecule has 0 spiro atoms. The molecule has 3 aliphatic rings. The second kappa shape index (κ2) is 6.42. The van der Waals surface area contributed by atoms with E-state index in [1.807, 2.05) is 12.1 Å².